The minimum atomic E-state index is -1.56. The zero-order valence-electron chi connectivity index (χ0n) is 21.0. The third-order valence-corrected chi connectivity index (χ3v) is 7.28. The van der Waals surface area contributed by atoms with Crippen molar-refractivity contribution in [3.8, 4) is 0 Å². The van der Waals surface area contributed by atoms with Crippen molar-refractivity contribution in [3.05, 3.63) is 138 Å². The summed E-state index contributed by atoms with van der Waals surface area (Å²) >= 11 is 0. The molecule has 0 heterocycles. The Bertz CT molecular complexity index is 1240. The summed E-state index contributed by atoms with van der Waals surface area (Å²) in [6.45, 7) is 4.01. The fourth-order valence-electron chi connectivity index (χ4n) is 4.22. The minimum absolute atomic E-state index is 0.237. The van der Waals surface area contributed by atoms with Gasteiger partial charge in [-0.3, -0.25) is 10.1 Å². The third kappa shape index (κ3) is 7.01. The van der Waals surface area contributed by atoms with E-state index in [1.807, 2.05) is 122 Å². The van der Waals surface area contributed by atoms with Gasteiger partial charge in [0.1, 0.15) is 17.0 Å². The molecule has 0 amide bonds. The molecule has 0 aliphatic carbocycles. The zero-order valence-corrected chi connectivity index (χ0v) is 21.9. The Balaban J connectivity index is 1.75. The standard InChI is InChI=1S/C31H32N2O3S/c1-3-36-31(34)30(32-28(24-13-7-4-8-14-24)25-15-9-5-10-16-25)29(26-17-11-6-12-18-26)33-37(35)27-21-19-23(2)20-22-27/h4-22,28-30,32-33H,3H2,1-2H3/t29-,30-,37?/m0/s1. The molecule has 0 radical (unpaired) electrons. The van der Waals surface area contributed by atoms with Gasteiger partial charge in [-0.15, -0.1) is 0 Å². The average Bonchev–Trinajstić information content (AvgIpc) is 2.94. The first kappa shape index (κ1) is 26.5. The predicted molar refractivity (Wildman–Crippen MR) is 148 cm³/mol. The Morgan fingerprint density at radius 2 is 1.24 bits per heavy atom. The Morgan fingerprint density at radius 3 is 1.73 bits per heavy atom. The summed E-state index contributed by atoms with van der Waals surface area (Å²) in [4.78, 5) is 14.1. The average molecular weight is 513 g/mol. The molecule has 3 atom stereocenters. The fourth-order valence-corrected chi connectivity index (χ4v) is 5.24. The molecule has 0 aliphatic heterocycles. The summed E-state index contributed by atoms with van der Waals surface area (Å²) in [6.07, 6.45) is 0. The highest BCUT2D eigenvalue weighted by molar-refractivity contribution is 7.83. The molecular formula is C31H32N2O3S. The number of esters is 1. The molecule has 0 saturated heterocycles. The lowest BCUT2D eigenvalue weighted by Gasteiger charge is -2.31. The third-order valence-electron chi connectivity index (χ3n) is 6.11. The maximum atomic E-state index is 13.5. The van der Waals surface area contributed by atoms with Gasteiger partial charge in [0, 0.05) is 0 Å². The first-order valence-corrected chi connectivity index (χ1v) is 13.5. The normalized spacial score (nSPS) is 13.6. The van der Waals surface area contributed by atoms with Crippen molar-refractivity contribution < 1.29 is 13.7 Å². The van der Waals surface area contributed by atoms with E-state index in [-0.39, 0.29) is 12.6 Å². The molecule has 0 aliphatic rings. The number of hydrogen-bond donors (Lipinski definition) is 2. The van der Waals surface area contributed by atoms with Crippen LogP contribution in [0.25, 0.3) is 0 Å². The largest absolute Gasteiger partial charge is 0.465 e. The lowest BCUT2D eigenvalue weighted by molar-refractivity contribution is -0.146. The lowest BCUT2D eigenvalue weighted by Crippen LogP contribution is -2.49. The van der Waals surface area contributed by atoms with Gasteiger partial charge in [-0.1, -0.05) is 109 Å². The van der Waals surface area contributed by atoms with E-state index in [1.165, 1.54) is 0 Å². The van der Waals surface area contributed by atoms with E-state index in [2.05, 4.69) is 10.0 Å². The van der Waals surface area contributed by atoms with Crippen molar-refractivity contribution in [2.45, 2.75) is 36.9 Å². The van der Waals surface area contributed by atoms with E-state index >= 15 is 0 Å². The Hall–Kier alpha value is -3.58. The van der Waals surface area contributed by atoms with Gasteiger partial charge < -0.3 is 4.74 Å². The SMILES string of the molecule is CCOC(=O)[C@@H](NC(c1ccccc1)c1ccccc1)[C@@H](NS(=O)c1ccc(C)cc1)c1ccccc1. The lowest BCUT2D eigenvalue weighted by atomic mass is 9.94. The van der Waals surface area contributed by atoms with Gasteiger partial charge in [-0.05, 0) is 42.7 Å². The number of carbonyl (C=O) groups excluding carboxylic acids is 1. The Morgan fingerprint density at radius 1 is 0.757 bits per heavy atom. The molecule has 6 heteroatoms. The number of aryl methyl sites for hydroxylation is 1. The van der Waals surface area contributed by atoms with E-state index in [1.54, 1.807) is 6.92 Å². The second kappa shape index (κ2) is 13.1. The Kier molecular flexibility index (Phi) is 9.38. The van der Waals surface area contributed by atoms with E-state index in [0.29, 0.717) is 4.90 Å². The van der Waals surface area contributed by atoms with Crippen LogP contribution < -0.4 is 10.0 Å². The van der Waals surface area contributed by atoms with Gasteiger partial charge in [0.2, 0.25) is 0 Å². The molecule has 0 fully saturated rings. The van der Waals surface area contributed by atoms with Crippen LogP contribution in [0.3, 0.4) is 0 Å². The molecule has 190 valence electrons. The van der Waals surface area contributed by atoms with Gasteiger partial charge in [0.15, 0.2) is 0 Å². The second-order valence-electron chi connectivity index (χ2n) is 8.74. The Labute approximate surface area is 221 Å². The van der Waals surface area contributed by atoms with Crippen molar-refractivity contribution in [3.63, 3.8) is 0 Å². The number of rotatable bonds is 11. The van der Waals surface area contributed by atoms with Gasteiger partial charge >= 0.3 is 5.97 Å². The monoisotopic (exact) mass is 512 g/mol. The van der Waals surface area contributed by atoms with Crippen LogP contribution in [-0.4, -0.2) is 22.8 Å². The van der Waals surface area contributed by atoms with Gasteiger partial charge in [-0.25, -0.2) is 8.93 Å². The highest BCUT2D eigenvalue weighted by Crippen LogP contribution is 2.27. The van der Waals surface area contributed by atoms with Gasteiger partial charge in [0.25, 0.3) is 0 Å². The topological polar surface area (TPSA) is 67.4 Å². The van der Waals surface area contributed by atoms with Crippen LogP contribution >= 0.6 is 0 Å². The first-order valence-electron chi connectivity index (χ1n) is 12.4. The molecule has 4 aromatic rings. The van der Waals surface area contributed by atoms with Crippen LogP contribution in [0.1, 0.15) is 41.3 Å². The van der Waals surface area contributed by atoms with Crippen LogP contribution in [0.5, 0.6) is 0 Å². The smallest absolute Gasteiger partial charge is 0.325 e. The zero-order chi connectivity index (χ0) is 26.0. The van der Waals surface area contributed by atoms with E-state index in [9.17, 15) is 9.00 Å². The molecule has 0 aromatic heterocycles. The van der Waals surface area contributed by atoms with Gasteiger partial charge in [-0.2, -0.15) is 0 Å². The molecular weight excluding hydrogens is 480 g/mol. The van der Waals surface area contributed by atoms with E-state index < -0.39 is 29.0 Å². The maximum Gasteiger partial charge on any atom is 0.325 e. The molecule has 0 spiro atoms. The summed E-state index contributed by atoms with van der Waals surface area (Å²) in [5.74, 6) is -0.415. The molecule has 0 bridgehead atoms. The molecule has 0 saturated carbocycles. The van der Waals surface area contributed by atoms with Crippen molar-refractivity contribution in [1.29, 1.82) is 0 Å². The van der Waals surface area contributed by atoms with Crippen LogP contribution in [-0.2, 0) is 20.5 Å². The number of ether oxygens (including phenoxy) is 1. The van der Waals surface area contributed by atoms with Crippen LogP contribution in [0.4, 0.5) is 0 Å². The van der Waals surface area contributed by atoms with Crippen LogP contribution in [0, 0.1) is 6.92 Å². The van der Waals surface area contributed by atoms with Crippen LogP contribution in [0.15, 0.2) is 120 Å². The molecule has 4 aromatic carbocycles. The molecule has 5 nitrogen and oxygen atoms in total. The van der Waals surface area contributed by atoms with E-state index in [4.69, 9.17) is 4.74 Å². The number of carbonyl (C=O) groups is 1. The van der Waals surface area contributed by atoms with Gasteiger partial charge in [0.05, 0.1) is 23.6 Å². The molecule has 1 unspecified atom stereocenters. The summed E-state index contributed by atoms with van der Waals surface area (Å²) in [5, 5.41) is 3.56. The highest BCUT2D eigenvalue weighted by atomic mass is 32.2. The fraction of sp³-hybridized carbons (Fsp3) is 0.194. The van der Waals surface area contributed by atoms with Crippen molar-refractivity contribution in [2.24, 2.45) is 0 Å². The van der Waals surface area contributed by atoms with E-state index in [0.717, 1.165) is 22.3 Å². The second-order valence-corrected chi connectivity index (χ2v) is 9.98. The van der Waals surface area contributed by atoms with Crippen LogP contribution in [0.2, 0.25) is 0 Å². The number of benzene rings is 4. The van der Waals surface area contributed by atoms with Crippen molar-refractivity contribution in [1.82, 2.24) is 10.0 Å². The molecule has 2 N–H and O–H groups in total. The summed E-state index contributed by atoms with van der Waals surface area (Å²) in [7, 11) is -1.56. The maximum absolute atomic E-state index is 13.5. The summed E-state index contributed by atoms with van der Waals surface area (Å²) < 4.78 is 22.2. The summed E-state index contributed by atoms with van der Waals surface area (Å²) in [6, 6.07) is 35.3. The minimum Gasteiger partial charge on any atom is -0.465 e. The molecule has 4 rings (SSSR count). The highest BCUT2D eigenvalue weighted by Gasteiger charge is 2.35. The van der Waals surface area contributed by atoms with Crippen molar-refractivity contribution in [2.75, 3.05) is 6.61 Å². The van der Waals surface area contributed by atoms with Crippen molar-refractivity contribution >= 4 is 17.0 Å². The quantitative estimate of drug-likeness (QED) is 0.255. The molecule has 37 heavy (non-hydrogen) atoms. The summed E-state index contributed by atoms with van der Waals surface area (Å²) in [5.41, 5.74) is 3.93. The number of nitrogens with one attached hydrogen (secondary N) is 2. The first-order chi connectivity index (χ1) is 18.1. The predicted octanol–water partition coefficient (Wildman–Crippen LogP) is 5.66. The number of hydrogen-bond acceptors (Lipinski definition) is 4.